The standard InChI is InChI=1S/C26H26N4O/c1-20(29(2)18-21-17-27-30(19-21)23-13-7-4-8-14-23)26(31)28-25-16-10-9-15-24(25)22-11-5-3-6-12-22/h3-17,19-20H,18H2,1-2H3,(H,28,31). The zero-order valence-electron chi connectivity index (χ0n) is 17.8. The monoisotopic (exact) mass is 410 g/mol. The summed E-state index contributed by atoms with van der Waals surface area (Å²) in [4.78, 5) is 15.0. The third-order valence-electron chi connectivity index (χ3n) is 5.40. The first-order valence-corrected chi connectivity index (χ1v) is 10.4. The number of amides is 1. The minimum absolute atomic E-state index is 0.0404. The predicted octanol–water partition coefficient (Wildman–Crippen LogP) is 5.00. The van der Waals surface area contributed by atoms with E-state index in [0.29, 0.717) is 6.54 Å². The maximum absolute atomic E-state index is 13.0. The second-order valence-corrected chi connectivity index (χ2v) is 7.62. The van der Waals surface area contributed by atoms with E-state index in [9.17, 15) is 4.79 Å². The van der Waals surface area contributed by atoms with Gasteiger partial charge in [-0.1, -0.05) is 66.7 Å². The van der Waals surface area contributed by atoms with Crippen molar-refractivity contribution in [1.29, 1.82) is 0 Å². The van der Waals surface area contributed by atoms with E-state index in [0.717, 1.165) is 28.1 Å². The van der Waals surface area contributed by atoms with Gasteiger partial charge in [-0.15, -0.1) is 0 Å². The third-order valence-corrected chi connectivity index (χ3v) is 5.40. The number of aromatic nitrogens is 2. The molecule has 0 radical (unpaired) electrons. The zero-order chi connectivity index (χ0) is 21.6. The van der Waals surface area contributed by atoms with Crippen LogP contribution in [-0.4, -0.2) is 33.7 Å². The van der Waals surface area contributed by atoms with Crippen LogP contribution < -0.4 is 5.32 Å². The minimum Gasteiger partial charge on any atom is -0.324 e. The molecular weight excluding hydrogens is 384 g/mol. The summed E-state index contributed by atoms with van der Waals surface area (Å²) in [7, 11) is 1.95. The highest BCUT2D eigenvalue weighted by atomic mass is 16.2. The molecule has 0 saturated heterocycles. The molecule has 31 heavy (non-hydrogen) atoms. The number of carbonyl (C=O) groups excluding carboxylic acids is 1. The molecule has 1 heterocycles. The van der Waals surface area contributed by atoms with Crippen molar-refractivity contribution in [3.8, 4) is 16.8 Å². The van der Waals surface area contributed by atoms with E-state index >= 15 is 0 Å². The first-order valence-electron chi connectivity index (χ1n) is 10.4. The Labute approximate surface area is 183 Å². The molecule has 0 saturated carbocycles. The Bertz CT molecular complexity index is 1140. The Balaban J connectivity index is 1.43. The number of benzene rings is 3. The molecule has 5 nitrogen and oxygen atoms in total. The van der Waals surface area contributed by atoms with Crippen LogP contribution in [0, 0.1) is 0 Å². The first-order chi connectivity index (χ1) is 15.1. The van der Waals surface area contributed by atoms with Crippen molar-refractivity contribution in [2.45, 2.75) is 19.5 Å². The van der Waals surface area contributed by atoms with Gasteiger partial charge in [0.2, 0.25) is 5.91 Å². The minimum atomic E-state index is -0.302. The van der Waals surface area contributed by atoms with Crippen LogP contribution in [-0.2, 0) is 11.3 Å². The maximum atomic E-state index is 13.0. The van der Waals surface area contributed by atoms with Gasteiger partial charge in [-0.05, 0) is 37.7 Å². The van der Waals surface area contributed by atoms with Crippen molar-refractivity contribution in [3.05, 3.63) is 103 Å². The van der Waals surface area contributed by atoms with Gasteiger partial charge in [0.15, 0.2) is 0 Å². The van der Waals surface area contributed by atoms with Gasteiger partial charge >= 0.3 is 0 Å². The molecule has 1 N–H and O–H groups in total. The smallest absolute Gasteiger partial charge is 0.241 e. The number of likely N-dealkylation sites (N-methyl/N-ethyl adjacent to an activating group) is 1. The van der Waals surface area contributed by atoms with Crippen molar-refractivity contribution in [3.63, 3.8) is 0 Å². The average Bonchev–Trinajstić information content (AvgIpc) is 3.28. The Morgan fingerprint density at radius 1 is 0.968 bits per heavy atom. The lowest BCUT2D eigenvalue weighted by atomic mass is 10.0. The lowest BCUT2D eigenvalue weighted by Gasteiger charge is -2.24. The molecule has 1 amide bonds. The summed E-state index contributed by atoms with van der Waals surface area (Å²) in [6.45, 7) is 2.55. The van der Waals surface area contributed by atoms with E-state index in [1.807, 2.05) is 121 Å². The van der Waals surface area contributed by atoms with Crippen molar-refractivity contribution in [2.75, 3.05) is 12.4 Å². The molecule has 1 atom stereocenters. The van der Waals surface area contributed by atoms with Crippen LogP contribution in [0.4, 0.5) is 5.69 Å². The van der Waals surface area contributed by atoms with Gasteiger partial charge in [-0.2, -0.15) is 5.10 Å². The van der Waals surface area contributed by atoms with Crippen molar-refractivity contribution in [2.24, 2.45) is 0 Å². The Hall–Kier alpha value is -3.70. The van der Waals surface area contributed by atoms with Crippen LogP contribution in [0.1, 0.15) is 12.5 Å². The van der Waals surface area contributed by atoms with E-state index in [4.69, 9.17) is 0 Å². The highest BCUT2D eigenvalue weighted by molar-refractivity contribution is 5.98. The van der Waals surface area contributed by atoms with Gasteiger partial charge in [0.05, 0.1) is 17.9 Å². The van der Waals surface area contributed by atoms with Crippen molar-refractivity contribution in [1.82, 2.24) is 14.7 Å². The Morgan fingerprint density at radius 3 is 2.35 bits per heavy atom. The number of hydrogen-bond acceptors (Lipinski definition) is 3. The number of hydrogen-bond donors (Lipinski definition) is 1. The molecule has 4 rings (SSSR count). The van der Waals surface area contributed by atoms with Crippen LogP contribution >= 0.6 is 0 Å². The summed E-state index contributed by atoms with van der Waals surface area (Å²) in [5.41, 5.74) is 4.97. The fourth-order valence-electron chi connectivity index (χ4n) is 3.49. The quantitative estimate of drug-likeness (QED) is 0.467. The molecule has 1 aromatic heterocycles. The van der Waals surface area contributed by atoms with Gasteiger partial charge in [-0.3, -0.25) is 9.69 Å². The summed E-state index contributed by atoms with van der Waals surface area (Å²) in [6, 6.07) is 27.7. The second kappa shape index (κ2) is 9.41. The lowest BCUT2D eigenvalue weighted by Crippen LogP contribution is -2.39. The van der Waals surface area contributed by atoms with E-state index in [-0.39, 0.29) is 11.9 Å². The lowest BCUT2D eigenvalue weighted by molar-refractivity contribution is -0.120. The Morgan fingerprint density at radius 2 is 1.61 bits per heavy atom. The van der Waals surface area contributed by atoms with Gasteiger partial charge < -0.3 is 5.32 Å². The zero-order valence-corrected chi connectivity index (χ0v) is 17.8. The van der Waals surface area contributed by atoms with Gasteiger partial charge in [0, 0.05) is 29.6 Å². The van der Waals surface area contributed by atoms with Gasteiger partial charge in [-0.25, -0.2) is 4.68 Å². The molecule has 0 aliphatic carbocycles. The maximum Gasteiger partial charge on any atom is 0.241 e. The average molecular weight is 411 g/mol. The summed E-state index contributed by atoms with van der Waals surface area (Å²) in [5, 5.41) is 7.55. The summed E-state index contributed by atoms with van der Waals surface area (Å²) >= 11 is 0. The van der Waals surface area contributed by atoms with Crippen LogP contribution in [0.15, 0.2) is 97.3 Å². The fourth-order valence-corrected chi connectivity index (χ4v) is 3.49. The van der Waals surface area contributed by atoms with Crippen LogP contribution in [0.2, 0.25) is 0 Å². The summed E-state index contributed by atoms with van der Waals surface area (Å²) < 4.78 is 1.85. The molecule has 5 heteroatoms. The molecule has 0 aliphatic rings. The third kappa shape index (κ3) is 4.90. The number of para-hydroxylation sites is 2. The Kier molecular flexibility index (Phi) is 6.24. The van der Waals surface area contributed by atoms with Crippen LogP contribution in [0.3, 0.4) is 0 Å². The normalized spacial score (nSPS) is 12.0. The molecule has 0 fully saturated rings. The largest absolute Gasteiger partial charge is 0.324 e. The van der Waals surface area contributed by atoms with E-state index < -0.39 is 0 Å². The van der Waals surface area contributed by atoms with E-state index in [1.165, 1.54) is 0 Å². The second-order valence-electron chi connectivity index (χ2n) is 7.62. The van der Waals surface area contributed by atoms with Gasteiger partial charge in [0.1, 0.15) is 0 Å². The first kappa shape index (κ1) is 20.6. The molecule has 1 unspecified atom stereocenters. The van der Waals surface area contributed by atoms with Crippen LogP contribution in [0.5, 0.6) is 0 Å². The number of nitrogens with one attached hydrogen (secondary N) is 1. The topological polar surface area (TPSA) is 50.2 Å². The molecule has 0 aliphatic heterocycles. The SMILES string of the molecule is CC(C(=O)Nc1ccccc1-c1ccccc1)N(C)Cc1cnn(-c2ccccc2)c1. The molecule has 3 aromatic carbocycles. The molecule has 0 spiro atoms. The summed E-state index contributed by atoms with van der Waals surface area (Å²) in [5.74, 6) is -0.0404. The molecule has 4 aromatic rings. The number of rotatable bonds is 7. The van der Waals surface area contributed by atoms with E-state index in [1.54, 1.807) is 0 Å². The predicted molar refractivity (Wildman–Crippen MR) is 125 cm³/mol. The number of nitrogens with zero attached hydrogens (tertiary/aromatic N) is 3. The van der Waals surface area contributed by atoms with E-state index in [2.05, 4.69) is 10.4 Å². The molecule has 0 bridgehead atoms. The highest BCUT2D eigenvalue weighted by Crippen LogP contribution is 2.27. The molecule has 156 valence electrons. The summed E-state index contributed by atoms with van der Waals surface area (Å²) in [6.07, 6.45) is 3.85. The highest BCUT2D eigenvalue weighted by Gasteiger charge is 2.20. The molecular formula is C26H26N4O. The number of carbonyl (C=O) groups is 1. The van der Waals surface area contributed by atoms with Crippen LogP contribution in [0.25, 0.3) is 16.8 Å². The fraction of sp³-hybridized carbons (Fsp3) is 0.154. The number of anilines is 1. The van der Waals surface area contributed by atoms with Crippen molar-refractivity contribution < 1.29 is 4.79 Å². The van der Waals surface area contributed by atoms with Crippen molar-refractivity contribution >= 4 is 11.6 Å². The van der Waals surface area contributed by atoms with Gasteiger partial charge in [0.25, 0.3) is 0 Å².